The number of carbonyl (C=O) groups excluding carboxylic acids is 1. The number of carbonyl (C=O) groups is 1. The number of nitrogens with one attached hydrogen (secondary N) is 2. The second-order valence-corrected chi connectivity index (χ2v) is 7.08. The molecule has 7 heteroatoms. The van der Waals surface area contributed by atoms with E-state index in [0.29, 0.717) is 13.0 Å². The van der Waals surface area contributed by atoms with E-state index in [1.807, 2.05) is 32.0 Å². The SMILES string of the molecule is Cc1nc(-c2ccccc2)sc1C(C)NC(=O)CC1COCCN1.Cl. The van der Waals surface area contributed by atoms with Crippen LogP contribution >= 0.6 is 23.7 Å². The first kappa shape index (κ1) is 19.8. The van der Waals surface area contributed by atoms with Gasteiger partial charge in [0.2, 0.25) is 5.91 Å². The van der Waals surface area contributed by atoms with Crippen LogP contribution in [0.5, 0.6) is 0 Å². The smallest absolute Gasteiger partial charge is 0.222 e. The van der Waals surface area contributed by atoms with Gasteiger partial charge in [-0.1, -0.05) is 30.3 Å². The van der Waals surface area contributed by atoms with E-state index < -0.39 is 0 Å². The van der Waals surface area contributed by atoms with Crippen molar-refractivity contribution in [2.45, 2.75) is 32.4 Å². The molecule has 2 unspecified atom stereocenters. The normalized spacial score (nSPS) is 18.2. The summed E-state index contributed by atoms with van der Waals surface area (Å²) < 4.78 is 5.39. The number of hydrogen-bond acceptors (Lipinski definition) is 5. The predicted octanol–water partition coefficient (Wildman–Crippen LogP) is 3.10. The van der Waals surface area contributed by atoms with Crippen LogP contribution in [0.4, 0.5) is 0 Å². The lowest BCUT2D eigenvalue weighted by Gasteiger charge is -2.24. The van der Waals surface area contributed by atoms with Gasteiger partial charge in [0.25, 0.3) is 0 Å². The molecular formula is C18H24ClN3O2S. The van der Waals surface area contributed by atoms with Crippen molar-refractivity contribution >= 4 is 29.7 Å². The number of amides is 1. The Kier molecular flexibility index (Phi) is 7.38. The van der Waals surface area contributed by atoms with Crippen molar-refractivity contribution < 1.29 is 9.53 Å². The molecule has 2 heterocycles. The van der Waals surface area contributed by atoms with Crippen molar-refractivity contribution in [3.63, 3.8) is 0 Å². The highest BCUT2D eigenvalue weighted by molar-refractivity contribution is 7.15. The molecule has 3 rings (SSSR count). The second kappa shape index (κ2) is 9.29. The van der Waals surface area contributed by atoms with E-state index in [2.05, 4.69) is 27.8 Å². The fraction of sp³-hybridized carbons (Fsp3) is 0.444. The summed E-state index contributed by atoms with van der Waals surface area (Å²) in [5.74, 6) is 0.0413. The number of benzene rings is 1. The fourth-order valence-electron chi connectivity index (χ4n) is 2.85. The van der Waals surface area contributed by atoms with Gasteiger partial charge in [-0.3, -0.25) is 4.79 Å². The number of rotatable bonds is 5. The largest absolute Gasteiger partial charge is 0.378 e. The number of ether oxygens (including phenoxy) is 1. The summed E-state index contributed by atoms with van der Waals surface area (Å²) in [4.78, 5) is 18.0. The number of nitrogens with zero attached hydrogens (tertiary/aromatic N) is 1. The molecule has 0 aliphatic carbocycles. The Balaban J connectivity index is 0.00000225. The van der Waals surface area contributed by atoms with E-state index in [1.165, 1.54) is 0 Å². The van der Waals surface area contributed by atoms with Crippen molar-refractivity contribution in [3.05, 3.63) is 40.9 Å². The number of halogens is 1. The number of aromatic nitrogens is 1. The molecule has 0 radical (unpaired) electrons. The summed E-state index contributed by atoms with van der Waals surface area (Å²) in [6.07, 6.45) is 0.438. The van der Waals surface area contributed by atoms with E-state index in [0.717, 1.165) is 34.3 Å². The maximum absolute atomic E-state index is 12.3. The third-order valence-electron chi connectivity index (χ3n) is 4.05. The monoisotopic (exact) mass is 381 g/mol. The molecule has 2 N–H and O–H groups in total. The molecule has 1 aromatic heterocycles. The van der Waals surface area contributed by atoms with Gasteiger partial charge in [0.15, 0.2) is 0 Å². The lowest BCUT2D eigenvalue weighted by Crippen LogP contribution is -2.44. The van der Waals surface area contributed by atoms with Crippen molar-refractivity contribution in [1.29, 1.82) is 0 Å². The first-order chi connectivity index (χ1) is 11.6. The van der Waals surface area contributed by atoms with Crippen LogP contribution < -0.4 is 10.6 Å². The van der Waals surface area contributed by atoms with Gasteiger partial charge in [-0.15, -0.1) is 23.7 Å². The molecule has 136 valence electrons. The molecule has 0 spiro atoms. The quantitative estimate of drug-likeness (QED) is 0.835. The number of morpholine rings is 1. The maximum atomic E-state index is 12.3. The highest BCUT2D eigenvalue weighted by Gasteiger charge is 2.20. The molecule has 2 aromatic rings. The molecule has 0 saturated carbocycles. The number of hydrogen-bond donors (Lipinski definition) is 2. The molecule has 1 saturated heterocycles. The Bertz CT molecular complexity index is 687. The molecule has 25 heavy (non-hydrogen) atoms. The van der Waals surface area contributed by atoms with Gasteiger partial charge in [-0.05, 0) is 13.8 Å². The van der Waals surface area contributed by atoms with Crippen molar-refractivity contribution in [2.24, 2.45) is 0 Å². The zero-order valence-corrected chi connectivity index (χ0v) is 16.1. The molecule has 1 aliphatic rings. The summed E-state index contributed by atoms with van der Waals surface area (Å²) in [6.45, 7) is 6.13. The van der Waals surface area contributed by atoms with Gasteiger partial charge in [-0.25, -0.2) is 4.98 Å². The van der Waals surface area contributed by atoms with E-state index in [4.69, 9.17) is 4.74 Å². The minimum Gasteiger partial charge on any atom is -0.378 e. The topological polar surface area (TPSA) is 63.2 Å². The molecule has 1 amide bonds. The summed E-state index contributed by atoms with van der Waals surface area (Å²) >= 11 is 1.64. The highest BCUT2D eigenvalue weighted by Crippen LogP contribution is 2.31. The van der Waals surface area contributed by atoms with Crippen molar-refractivity contribution in [2.75, 3.05) is 19.8 Å². The molecule has 1 fully saturated rings. The summed E-state index contributed by atoms with van der Waals surface area (Å²) in [5, 5.41) is 7.38. The first-order valence-electron chi connectivity index (χ1n) is 8.26. The Labute approximate surface area is 158 Å². The van der Waals surface area contributed by atoms with Crippen LogP contribution in [0.1, 0.15) is 30.0 Å². The van der Waals surface area contributed by atoms with Crippen LogP contribution in [0.3, 0.4) is 0 Å². The van der Waals surface area contributed by atoms with Crippen LogP contribution in [-0.2, 0) is 9.53 Å². The van der Waals surface area contributed by atoms with Gasteiger partial charge in [0, 0.05) is 24.6 Å². The van der Waals surface area contributed by atoms with Crippen LogP contribution in [-0.4, -0.2) is 36.7 Å². The van der Waals surface area contributed by atoms with E-state index >= 15 is 0 Å². The standard InChI is InChI=1S/C18H23N3O2S.ClH/c1-12(20-16(22)10-15-11-23-9-8-19-15)17-13(2)21-18(24-17)14-6-4-3-5-7-14;/h3-7,12,15,19H,8-11H2,1-2H3,(H,20,22);1H. The Morgan fingerprint density at radius 3 is 2.88 bits per heavy atom. The minimum absolute atomic E-state index is 0. The molecule has 1 aromatic carbocycles. The van der Waals surface area contributed by atoms with Gasteiger partial charge in [0.05, 0.1) is 29.8 Å². The maximum Gasteiger partial charge on any atom is 0.222 e. The zero-order chi connectivity index (χ0) is 16.9. The van der Waals surface area contributed by atoms with Crippen LogP contribution in [0, 0.1) is 6.92 Å². The first-order valence-corrected chi connectivity index (χ1v) is 9.08. The third-order valence-corrected chi connectivity index (χ3v) is 5.44. The van der Waals surface area contributed by atoms with Crippen LogP contribution in [0.25, 0.3) is 10.6 Å². The van der Waals surface area contributed by atoms with Gasteiger partial charge in [-0.2, -0.15) is 0 Å². The average Bonchev–Trinajstić information content (AvgIpc) is 2.98. The average molecular weight is 382 g/mol. The summed E-state index contributed by atoms with van der Waals surface area (Å²) in [6, 6.07) is 10.2. The van der Waals surface area contributed by atoms with E-state index in [9.17, 15) is 4.79 Å². The number of aryl methyl sites for hydroxylation is 1. The summed E-state index contributed by atoms with van der Waals surface area (Å²) in [5.41, 5.74) is 2.09. The molecule has 0 bridgehead atoms. The zero-order valence-electron chi connectivity index (χ0n) is 14.5. The van der Waals surface area contributed by atoms with Crippen LogP contribution in [0.2, 0.25) is 0 Å². The van der Waals surface area contributed by atoms with Gasteiger partial charge < -0.3 is 15.4 Å². The fourth-order valence-corrected chi connectivity index (χ4v) is 3.93. The lowest BCUT2D eigenvalue weighted by molar-refractivity contribution is -0.122. The predicted molar refractivity (Wildman–Crippen MR) is 103 cm³/mol. The van der Waals surface area contributed by atoms with Crippen molar-refractivity contribution in [1.82, 2.24) is 15.6 Å². The van der Waals surface area contributed by atoms with Gasteiger partial charge in [0.1, 0.15) is 5.01 Å². The van der Waals surface area contributed by atoms with E-state index in [1.54, 1.807) is 11.3 Å². The number of thiazole rings is 1. The third kappa shape index (κ3) is 5.25. The summed E-state index contributed by atoms with van der Waals surface area (Å²) in [7, 11) is 0. The second-order valence-electron chi connectivity index (χ2n) is 6.05. The lowest BCUT2D eigenvalue weighted by atomic mass is 10.1. The van der Waals surface area contributed by atoms with E-state index in [-0.39, 0.29) is 30.4 Å². The molecule has 2 atom stereocenters. The Morgan fingerprint density at radius 1 is 1.44 bits per heavy atom. The molecule has 5 nitrogen and oxygen atoms in total. The van der Waals surface area contributed by atoms with Crippen molar-refractivity contribution in [3.8, 4) is 10.6 Å². The Morgan fingerprint density at radius 2 is 2.20 bits per heavy atom. The highest BCUT2D eigenvalue weighted by atomic mass is 35.5. The minimum atomic E-state index is -0.0445. The molecule has 1 aliphatic heterocycles. The van der Waals surface area contributed by atoms with Crippen LogP contribution in [0.15, 0.2) is 30.3 Å². The van der Waals surface area contributed by atoms with Gasteiger partial charge >= 0.3 is 0 Å². The Hall–Kier alpha value is -1.47. The molecular weight excluding hydrogens is 358 g/mol.